The lowest BCUT2D eigenvalue weighted by molar-refractivity contribution is -0.123. The quantitative estimate of drug-likeness (QED) is 0.757. The Morgan fingerprint density at radius 2 is 1.71 bits per heavy atom. The first-order chi connectivity index (χ1) is 11.6. The summed E-state index contributed by atoms with van der Waals surface area (Å²) in [6, 6.07) is 17.4. The highest BCUT2D eigenvalue weighted by Crippen LogP contribution is 2.22. The van der Waals surface area contributed by atoms with Crippen LogP contribution < -0.4 is 10.6 Å². The molecule has 0 radical (unpaired) electrons. The van der Waals surface area contributed by atoms with Crippen LogP contribution in [0.4, 0.5) is 5.69 Å². The number of anilines is 1. The van der Waals surface area contributed by atoms with Gasteiger partial charge in [-0.2, -0.15) is 0 Å². The number of aryl methyl sites for hydroxylation is 1. The minimum Gasteiger partial charge on any atom is -0.346 e. The standard InChI is InChI=1S/C19H22N2O2S/c1-3-15-9-7-8-12-17(15)21-18(22)13-20-19(23)14(2)24-16-10-5-4-6-11-16/h4-12,14H,3,13H2,1-2H3,(H,20,23)(H,21,22). The van der Waals surface area contributed by atoms with Gasteiger partial charge in [0.05, 0.1) is 11.8 Å². The zero-order valence-electron chi connectivity index (χ0n) is 13.9. The predicted octanol–water partition coefficient (Wildman–Crippen LogP) is 3.48. The van der Waals surface area contributed by atoms with Crippen LogP contribution in [0.3, 0.4) is 0 Å². The highest BCUT2D eigenvalue weighted by molar-refractivity contribution is 8.00. The lowest BCUT2D eigenvalue weighted by Crippen LogP contribution is -2.37. The first-order valence-corrected chi connectivity index (χ1v) is 8.85. The normalized spacial score (nSPS) is 11.6. The molecule has 0 fully saturated rings. The van der Waals surface area contributed by atoms with Crippen LogP contribution in [-0.2, 0) is 16.0 Å². The van der Waals surface area contributed by atoms with Gasteiger partial charge in [-0.3, -0.25) is 9.59 Å². The van der Waals surface area contributed by atoms with Crippen molar-refractivity contribution in [2.75, 3.05) is 11.9 Å². The number of nitrogens with one attached hydrogen (secondary N) is 2. The molecule has 1 unspecified atom stereocenters. The number of rotatable bonds is 7. The lowest BCUT2D eigenvalue weighted by atomic mass is 10.1. The molecule has 1 atom stereocenters. The van der Waals surface area contributed by atoms with Gasteiger partial charge in [-0.25, -0.2) is 0 Å². The maximum Gasteiger partial charge on any atom is 0.243 e. The number of para-hydroxylation sites is 1. The average molecular weight is 342 g/mol. The molecule has 2 aromatic rings. The van der Waals surface area contributed by atoms with Crippen LogP contribution in [0.25, 0.3) is 0 Å². The Balaban J connectivity index is 1.81. The molecule has 0 bridgehead atoms. The van der Waals surface area contributed by atoms with Crippen molar-refractivity contribution in [2.24, 2.45) is 0 Å². The lowest BCUT2D eigenvalue weighted by Gasteiger charge is -2.13. The molecule has 0 spiro atoms. The van der Waals surface area contributed by atoms with Crippen LogP contribution in [0.2, 0.25) is 0 Å². The fourth-order valence-electron chi connectivity index (χ4n) is 2.21. The van der Waals surface area contributed by atoms with Gasteiger partial charge in [0.25, 0.3) is 0 Å². The van der Waals surface area contributed by atoms with E-state index in [9.17, 15) is 9.59 Å². The molecule has 0 saturated heterocycles. The summed E-state index contributed by atoms with van der Waals surface area (Å²) in [7, 11) is 0. The summed E-state index contributed by atoms with van der Waals surface area (Å²) < 4.78 is 0. The van der Waals surface area contributed by atoms with Gasteiger partial charge < -0.3 is 10.6 Å². The van der Waals surface area contributed by atoms with Gasteiger partial charge in [0, 0.05) is 10.6 Å². The van der Waals surface area contributed by atoms with E-state index < -0.39 is 0 Å². The third-order valence-corrected chi connectivity index (χ3v) is 4.63. The van der Waals surface area contributed by atoms with Gasteiger partial charge in [0.15, 0.2) is 0 Å². The Morgan fingerprint density at radius 1 is 1.04 bits per heavy atom. The molecular formula is C19H22N2O2S. The maximum absolute atomic E-state index is 12.1. The minimum absolute atomic E-state index is 0.0312. The van der Waals surface area contributed by atoms with Crippen LogP contribution in [0.1, 0.15) is 19.4 Å². The summed E-state index contributed by atoms with van der Waals surface area (Å²) in [5, 5.41) is 5.27. The largest absolute Gasteiger partial charge is 0.346 e. The van der Waals surface area contributed by atoms with E-state index in [4.69, 9.17) is 0 Å². The van der Waals surface area contributed by atoms with E-state index in [1.165, 1.54) is 11.8 Å². The van der Waals surface area contributed by atoms with Gasteiger partial charge in [-0.15, -0.1) is 11.8 Å². The summed E-state index contributed by atoms with van der Waals surface area (Å²) in [5.74, 6) is -0.371. The zero-order valence-corrected chi connectivity index (χ0v) is 14.7. The van der Waals surface area contributed by atoms with Gasteiger partial charge in [-0.05, 0) is 37.1 Å². The van der Waals surface area contributed by atoms with E-state index >= 15 is 0 Å². The van der Waals surface area contributed by atoms with Crippen molar-refractivity contribution in [1.82, 2.24) is 5.32 Å². The molecule has 0 saturated carbocycles. The number of hydrogen-bond donors (Lipinski definition) is 2. The summed E-state index contributed by atoms with van der Waals surface area (Å²) >= 11 is 1.47. The predicted molar refractivity (Wildman–Crippen MR) is 99.2 cm³/mol. The van der Waals surface area contributed by atoms with E-state index in [0.717, 1.165) is 22.6 Å². The smallest absolute Gasteiger partial charge is 0.243 e. The second-order valence-corrected chi connectivity index (χ2v) is 6.76. The first kappa shape index (κ1) is 18.1. The maximum atomic E-state index is 12.1. The van der Waals surface area contributed by atoms with Gasteiger partial charge in [0.2, 0.25) is 11.8 Å². The second kappa shape index (κ2) is 9.13. The van der Waals surface area contributed by atoms with Crippen LogP contribution >= 0.6 is 11.8 Å². The topological polar surface area (TPSA) is 58.2 Å². The molecular weight excluding hydrogens is 320 g/mol. The summed E-state index contributed by atoms with van der Waals surface area (Å²) in [4.78, 5) is 25.2. The highest BCUT2D eigenvalue weighted by atomic mass is 32.2. The Hall–Kier alpha value is -2.27. The number of carbonyl (C=O) groups excluding carboxylic acids is 2. The van der Waals surface area contributed by atoms with Gasteiger partial charge in [0.1, 0.15) is 0 Å². The molecule has 2 N–H and O–H groups in total. The van der Waals surface area contributed by atoms with Crippen LogP contribution in [0, 0.1) is 0 Å². The van der Waals surface area contributed by atoms with Gasteiger partial charge in [-0.1, -0.05) is 43.3 Å². The van der Waals surface area contributed by atoms with Crippen molar-refractivity contribution in [2.45, 2.75) is 30.4 Å². The second-order valence-electron chi connectivity index (χ2n) is 5.35. The number of benzene rings is 2. The van der Waals surface area contributed by atoms with E-state index in [1.807, 2.05) is 68.4 Å². The summed E-state index contributed by atoms with van der Waals surface area (Å²) in [6.07, 6.45) is 0.841. The third-order valence-electron chi connectivity index (χ3n) is 3.52. The number of carbonyl (C=O) groups is 2. The number of amides is 2. The van der Waals surface area contributed by atoms with Crippen molar-refractivity contribution < 1.29 is 9.59 Å². The Kier molecular flexibility index (Phi) is 6.88. The summed E-state index contributed by atoms with van der Waals surface area (Å²) in [5.41, 5.74) is 1.87. The van der Waals surface area contributed by atoms with E-state index in [0.29, 0.717) is 0 Å². The van der Waals surface area contributed by atoms with Crippen molar-refractivity contribution in [3.63, 3.8) is 0 Å². The molecule has 2 rings (SSSR count). The van der Waals surface area contributed by atoms with E-state index in [1.54, 1.807) is 0 Å². The molecule has 2 amide bonds. The number of thioether (sulfide) groups is 1. The molecule has 126 valence electrons. The third kappa shape index (κ3) is 5.42. The average Bonchev–Trinajstić information content (AvgIpc) is 2.61. The van der Waals surface area contributed by atoms with Crippen molar-refractivity contribution in [3.8, 4) is 0 Å². The molecule has 0 aliphatic heterocycles. The molecule has 2 aromatic carbocycles. The molecule has 0 aromatic heterocycles. The zero-order chi connectivity index (χ0) is 17.4. The fourth-order valence-corrected chi connectivity index (χ4v) is 3.13. The van der Waals surface area contributed by atoms with E-state index in [2.05, 4.69) is 10.6 Å². The highest BCUT2D eigenvalue weighted by Gasteiger charge is 2.15. The number of hydrogen-bond acceptors (Lipinski definition) is 3. The fraction of sp³-hybridized carbons (Fsp3) is 0.263. The Labute approximate surface area is 147 Å². The van der Waals surface area contributed by atoms with Crippen molar-refractivity contribution >= 4 is 29.3 Å². The molecule has 4 nitrogen and oxygen atoms in total. The first-order valence-electron chi connectivity index (χ1n) is 7.97. The van der Waals surface area contributed by atoms with Crippen LogP contribution in [-0.4, -0.2) is 23.6 Å². The summed E-state index contributed by atoms with van der Waals surface area (Å²) in [6.45, 7) is 3.84. The van der Waals surface area contributed by atoms with E-state index in [-0.39, 0.29) is 23.6 Å². The minimum atomic E-state index is -0.261. The molecule has 0 aliphatic rings. The van der Waals surface area contributed by atoms with Crippen LogP contribution in [0.15, 0.2) is 59.5 Å². The molecule has 5 heteroatoms. The monoisotopic (exact) mass is 342 g/mol. The van der Waals surface area contributed by atoms with Crippen molar-refractivity contribution in [3.05, 3.63) is 60.2 Å². The molecule has 24 heavy (non-hydrogen) atoms. The SMILES string of the molecule is CCc1ccccc1NC(=O)CNC(=O)C(C)Sc1ccccc1. The molecule has 0 aliphatic carbocycles. The molecule has 0 heterocycles. The Bertz CT molecular complexity index is 689. The van der Waals surface area contributed by atoms with Crippen LogP contribution in [0.5, 0.6) is 0 Å². The van der Waals surface area contributed by atoms with Gasteiger partial charge >= 0.3 is 0 Å². The Morgan fingerprint density at radius 3 is 2.42 bits per heavy atom. The van der Waals surface area contributed by atoms with Crippen molar-refractivity contribution in [1.29, 1.82) is 0 Å².